The summed E-state index contributed by atoms with van der Waals surface area (Å²) in [6.07, 6.45) is 2.65. The fourth-order valence-corrected chi connectivity index (χ4v) is 4.51. The number of carboxylic acid groups (broad SMARTS) is 1. The molecule has 0 radical (unpaired) electrons. The number of hydrogen-bond donors (Lipinski definition) is 2. The molecular formula is C27H25NO4. The van der Waals surface area contributed by atoms with Crippen LogP contribution in [0.1, 0.15) is 57.4 Å². The molecular weight excluding hydrogens is 402 g/mol. The average molecular weight is 428 g/mol. The monoisotopic (exact) mass is 427 g/mol. The summed E-state index contributed by atoms with van der Waals surface area (Å²) in [4.78, 5) is 36.8. The number of carbonyl (C=O) groups excluding carboxylic acids is 2. The molecule has 5 nitrogen and oxygen atoms in total. The number of Topliss-reactive ketones (excluding diaryl/α,β-unsaturated/α-hetero) is 1. The summed E-state index contributed by atoms with van der Waals surface area (Å²) in [5, 5.41) is 12.4. The van der Waals surface area contributed by atoms with Crippen LogP contribution in [-0.2, 0) is 22.4 Å². The zero-order valence-electron chi connectivity index (χ0n) is 17.7. The van der Waals surface area contributed by atoms with E-state index in [1.807, 2.05) is 66.7 Å². The molecule has 0 saturated heterocycles. The molecule has 3 aromatic rings. The van der Waals surface area contributed by atoms with Crippen LogP contribution in [-0.4, -0.2) is 22.8 Å². The number of carboxylic acids is 1. The predicted octanol–water partition coefficient (Wildman–Crippen LogP) is 4.47. The molecule has 0 saturated carbocycles. The number of rotatable bonds is 7. The summed E-state index contributed by atoms with van der Waals surface area (Å²) in [5.74, 6) is -2.91. The van der Waals surface area contributed by atoms with Crippen molar-refractivity contribution in [1.29, 1.82) is 0 Å². The fourth-order valence-electron chi connectivity index (χ4n) is 4.51. The Balaban J connectivity index is 1.62. The van der Waals surface area contributed by atoms with Gasteiger partial charge in [0.15, 0.2) is 0 Å². The zero-order valence-corrected chi connectivity index (χ0v) is 17.7. The van der Waals surface area contributed by atoms with Gasteiger partial charge in [0.1, 0.15) is 0 Å². The third-order valence-electron chi connectivity index (χ3n) is 6.06. The van der Waals surface area contributed by atoms with Gasteiger partial charge in [-0.2, -0.15) is 0 Å². The highest BCUT2D eigenvalue weighted by molar-refractivity contribution is 6.40. The minimum Gasteiger partial charge on any atom is -0.475 e. The van der Waals surface area contributed by atoms with Gasteiger partial charge in [-0.05, 0) is 47.9 Å². The smallest absolute Gasteiger partial charge is 0.377 e. The van der Waals surface area contributed by atoms with Crippen molar-refractivity contribution in [3.8, 4) is 0 Å². The molecule has 32 heavy (non-hydrogen) atoms. The Morgan fingerprint density at radius 1 is 0.906 bits per heavy atom. The van der Waals surface area contributed by atoms with Crippen molar-refractivity contribution in [2.24, 2.45) is 0 Å². The van der Waals surface area contributed by atoms with Gasteiger partial charge in [-0.25, -0.2) is 4.79 Å². The molecule has 1 amide bonds. The first-order chi connectivity index (χ1) is 15.5. The molecule has 162 valence electrons. The second-order valence-corrected chi connectivity index (χ2v) is 8.11. The van der Waals surface area contributed by atoms with Crippen molar-refractivity contribution in [2.45, 2.75) is 37.6 Å². The van der Waals surface area contributed by atoms with Crippen LogP contribution in [0.15, 0.2) is 78.9 Å². The van der Waals surface area contributed by atoms with Crippen LogP contribution in [0, 0.1) is 0 Å². The first kappa shape index (κ1) is 21.5. The Hall–Kier alpha value is -3.73. The summed E-state index contributed by atoms with van der Waals surface area (Å²) < 4.78 is 0. The lowest BCUT2D eigenvalue weighted by Gasteiger charge is -2.28. The predicted molar refractivity (Wildman–Crippen MR) is 122 cm³/mol. The van der Waals surface area contributed by atoms with Crippen molar-refractivity contribution in [3.05, 3.63) is 107 Å². The second-order valence-electron chi connectivity index (χ2n) is 8.11. The summed E-state index contributed by atoms with van der Waals surface area (Å²) >= 11 is 0. The maximum Gasteiger partial charge on any atom is 0.377 e. The van der Waals surface area contributed by atoms with Crippen molar-refractivity contribution in [3.63, 3.8) is 0 Å². The van der Waals surface area contributed by atoms with Gasteiger partial charge in [0.25, 0.3) is 5.78 Å². The first-order valence-corrected chi connectivity index (χ1v) is 10.8. The quantitative estimate of drug-likeness (QED) is 0.430. The van der Waals surface area contributed by atoms with Crippen LogP contribution in [0.4, 0.5) is 0 Å². The third-order valence-corrected chi connectivity index (χ3v) is 6.06. The highest BCUT2D eigenvalue weighted by Crippen LogP contribution is 2.34. The molecule has 2 atom stereocenters. The van der Waals surface area contributed by atoms with E-state index in [0.29, 0.717) is 24.8 Å². The SMILES string of the molecule is O=C(O)C(=O)c1cccc2c1CCCC2C(=O)NC(Cc1ccccc1)c1ccccc1. The minimum absolute atomic E-state index is 0.101. The number of hydrogen-bond acceptors (Lipinski definition) is 3. The van der Waals surface area contributed by atoms with E-state index >= 15 is 0 Å². The molecule has 2 unspecified atom stereocenters. The van der Waals surface area contributed by atoms with Gasteiger partial charge in [-0.3, -0.25) is 9.59 Å². The molecule has 2 N–H and O–H groups in total. The fraction of sp³-hybridized carbons (Fsp3) is 0.222. The Kier molecular flexibility index (Phi) is 6.45. The Morgan fingerprint density at radius 3 is 2.28 bits per heavy atom. The molecule has 5 heteroatoms. The number of amides is 1. The highest BCUT2D eigenvalue weighted by Gasteiger charge is 2.31. The summed E-state index contributed by atoms with van der Waals surface area (Å²) in [6.45, 7) is 0. The van der Waals surface area contributed by atoms with E-state index < -0.39 is 17.7 Å². The van der Waals surface area contributed by atoms with Gasteiger partial charge < -0.3 is 10.4 Å². The maximum absolute atomic E-state index is 13.4. The molecule has 1 aliphatic carbocycles. The van der Waals surface area contributed by atoms with E-state index in [0.717, 1.165) is 23.1 Å². The van der Waals surface area contributed by atoms with Gasteiger partial charge in [-0.1, -0.05) is 78.9 Å². The Morgan fingerprint density at radius 2 is 1.59 bits per heavy atom. The van der Waals surface area contributed by atoms with E-state index in [2.05, 4.69) is 5.32 Å². The van der Waals surface area contributed by atoms with Gasteiger partial charge in [0.2, 0.25) is 5.91 Å². The van der Waals surface area contributed by atoms with Crippen LogP contribution in [0.25, 0.3) is 0 Å². The first-order valence-electron chi connectivity index (χ1n) is 10.8. The van der Waals surface area contributed by atoms with Crippen molar-refractivity contribution < 1.29 is 19.5 Å². The maximum atomic E-state index is 13.4. The van der Waals surface area contributed by atoms with Crippen molar-refractivity contribution in [2.75, 3.05) is 0 Å². The topological polar surface area (TPSA) is 83.5 Å². The van der Waals surface area contributed by atoms with Gasteiger partial charge in [-0.15, -0.1) is 0 Å². The van der Waals surface area contributed by atoms with Gasteiger partial charge in [0.05, 0.1) is 12.0 Å². The molecule has 0 aliphatic heterocycles. The highest BCUT2D eigenvalue weighted by atomic mass is 16.4. The second kappa shape index (κ2) is 9.60. The number of benzene rings is 3. The lowest BCUT2D eigenvalue weighted by atomic mass is 9.79. The number of carbonyl (C=O) groups is 3. The Bertz CT molecular complexity index is 1120. The van der Waals surface area contributed by atoms with Crippen LogP contribution >= 0.6 is 0 Å². The third kappa shape index (κ3) is 4.62. The standard InChI is InChI=1S/C27H25NO4/c29-25(27(31)32)22-15-7-14-21-20(22)13-8-16-23(21)26(30)28-24(19-11-5-2-6-12-19)17-18-9-3-1-4-10-18/h1-7,9-12,14-15,23-24H,8,13,16-17H2,(H,28,30)(H,31,32). The normalized spacial score (nSPS) is 15.9. The summed E-state index contributed by atoms with van der Waals surface area (Å²) in [5.41, 5.74) is 3.78. The number of ketones is 1. The molecule has 0 fully saturated rings. The molecule has 4 rings (SSSR count). The molecule has 0 aromatic heterocycles. The summed E-state index contributed by atoms with van der Waals surface area (Å²) in [6, 6.07) is 24.7. The van der Waals surface area contributed by atoms with Gasteiger partial charge in [0, 0.05) is 5.56 Å². The van der Waals surface area contributed by atoms with E-state index in [1.165, 1.54) is 6.07 Å². The number of aliphatic carboxylic acids is 1. The molecule has 0 spiro atoms. The van der Waals surface area contributed by atoms with Crippen LogP contribution in [0.2, 0.25) is 0 Å². The minimum atomic E-state index is -1.48. The lowest BCUT2D eigenvalue weighted by Crippen LogP contribution is -2.35. The van der Waals surface area contributed by atoms with E-state index in [-0.39, 0.29) is 17.5 Å². The average Bonchev–Trinajstić information content (AvgIpc) is 2.83. The lowest BCUT2D eigenvalue weighted by molar-refractivity contribution is -0.131. The van der Waals surface area contributed by atoms with Crippen LogP contribution in [0.5, 0.6) is 0 Å². The molecule has 3 aromatic carbocycles. The Labute approximate surface area is 187 Å². The molecule has 0 heterocycles. The molecule has 0 bridgehead atoms. The van der Waals surface area contributed by atoms with E-state index in [1.54, 1.807) is 6.07 Å². The zero-order chi connectivity index (χ0) is 22.5. The van der Waals surface area contributed by atoms with E-state index in [9.17, 15) is 14.4 Å². The van der Waals surface area contributed by atoms with Gasteiger partial charge >= 0.3 is 5.97 Å². The largest absolute Gasteiger partial charge is 0.475 e. The summed E-state index contributed by atoms with van der Waals surface area (Å²) in [7, 11) is 0. The molecule has 1 aliphatic rings. The van der Waals surface area contributed by atoms with Crippen molar-refractivity contribution in [1.82, 2.24) is 5.32 Å². The van der Waals surface area contributed by atoms with Crippen LogP contribution < -0.4 is 5.32 Å². The number of nitrogens with one attached hydrogen (secondary N) is 1. The van der Waals surface area contributed by atoms with Crippen LogP contribution in [0.3, 0.4) is 0 Å². The van der Waals surface area contributed by atoms with E-state index in [4.69, 9.17) is 5.11 Å². The van der Waals surface area contributed by atoms with Crippen molar-refractivity contribution >= 4 is 17.7 Å². The number of fused-ring (bicyclic) bond motifs is 1.